The minimum atomic E-state index is -0.181. The summed E-state index contributed by atoms with van der Waals surface area (Å²) in [6.07, 6.45) is 4.04. The van der Waals surface area contributed by atoms with E-state index in [9.17, 15) is 4.79 Å². The lowest BCUT2D eigenvalue weighted by molar-refractivity contribution is -0.115. The average Bonchev–Trinajstić information content (AvgIpc) is 2.35. The van der Waals surface area contributed by atoms with Gasteiger partial charge in [-0.2, -0.15) is 0 Å². The first-order valence-corrected chi connectivity index (χ1v) is 6.22. The van der Waals surface area contributed by atoms with Crippen LogP contribution in [0.5, 0.6) is 0 Å². The first-order valence-electron chi connectivity index (χ1n) is 6.22. The van der Waals surface area contributed by atoms with Gasteiger partial charge in [-0.1, -0.05) is 50.6 Å². The van der Waals surface area contributed by atoms with Crippen LogP contribution in [0.3, 0.4) is 0 Å². The Bertz CT molecular complexity index is 317. The maximum absolute atomic E-state index is 10.7. The van der Waals surface area contributed by atoms with Gasteiger partial charge in [0.25, 0.3) is 0 Å². The predicted molar refractivity (Wildman–Crippen MR) is 69.8 cm³/mol. The van der Waals surface area contributed by atoms with E-state index in [0.29, 0.717) is 6.61 Å². The van der Waals surface area contributed by atoms with E-state index in [1.165, 1.54) is 5.56 Å². The van der Waals surface area contributed by atoms with Gasteiger partial charge >= 0.3 is 0 Å². The normalized spacial score (nSPS) is 11.4. The standard InChI is InChI=1S/C15H22O2/c1-15(2,13-16)10-6-7-11-17-12-14-8-4-3-5-9-14/h3-5,8-9,13H,6-7,10-12H2,1-2H3. The van der Waals surface area contributed by atoms with Crippen LogP contribution in [0.15, 0.2) is 30.3 Å². The van der Waals surface area contributed by atoms with Crippen molar-refractivity contribution >= 4 is 6.29 Å². The zero-order valence-corrected chi connectivity index (χ0v) is 10.8. The molecule has 0 atom stereocenters. The van der Waals surface area contributed by atoms with Crippen LogP contribution in [0.2, 0.25) is 0 Å². The van der Waals surface area contributed by atoms with Crippen LogP contribution >= 0.6 is 0 Å². The van der Waals surface area contributed by atoms with E-state index in [1.54, 1.807) is 0 Å². The summed E-state index contributed by atoms with van der Waals surface area (Å²) in [5.41, 5.74) is 1.03. The van der Waals surface area contributed by atoms with E-state index < -0.39 is 0 Å². The lowest BCUT2D eigenvalue weighted by Gasteiger charge is -2.15. The van der Waals surface area contributed by atoms with Gasteiger partial charge in [0.1, 0.15) is 6.29 Å². The topological polar surface area (TPSA) is 26.3 Å². The highest BCUT2D eigenvalue weighted by Gasteiger charge is 2.14. The summed E-state index contributed by atoms with van der Waals surface area (Å²) in [7, 11) is 0. The van der Waals surface area contributed by atoms with E-state index >= 15 is 0 Å². The quantitative estimate of drug-likeness (QED) is 0.507. The monoisotopic (exact) mass is 234 g/mol. The number of aldehydes is 1. The number of carbonyl (C=O) groups is 1. The van der Waals surface area contributed by atoms with Crippen molar-refractivity contribution in [3.05, 3.63) is 35.9 Å². The molecule has 0 spiro atoms. The number of carbonyl (C=O) groups excluding carboxylic acids is 1. The second kappa shape index (κ2) is 7.23. The van der Waals surface area contributed by atoms with Gasteiger partial charge in [-0.25, -0.2) is 0 Å². The van der Waals surface area contributed by atoms with Gasteiger partial charge in [0.05, 0.1) is 6.61 Å². The summed E-state index contributed by atoms with van der Waals surface area (Å²) in [4.78, 5) is 10.7. The molecule has 94 valence electrons. The highest BCUT2D eigenvalue weighted by molar-refractivity contribution is 5.57. The molecule has 0 aliphatic carbocycles. The van der Waals surface area contributed by atoms with Gasteiger partial charge in [-0.3, -0.25) is 0 Å². The molecular weight excluding hydrogens is 212 g/mol. The highest BCUT2D eigenvalue weighted by Crippen LogP contribution is 2.19. The Kier molecular flexibility index (Phi) is 5.92. The maximum atomic E-state index is 10.7. The van der Waals surface area contributed by atoms with Gasteiger partial charge in [0.15, 0.2) is 0 Å². The molecule has 2 nitrogen and oxygen atoms in total. The molecule has 0 aliphatic heterocycles. The molecule has 17 heavy (non-hydrogen) atoms. The molecule has 0 aliphatic rings. The number of benzene rings is 1. The number of ether oxygens (including phenoxy) is 1. The molecule has 0 heterocycles. The van der Waals surface area contributed by atoms with Gasteiger partial charge in [0.2, 0.25) is 0 Å². The van der Waals surface area contributed by atoms with Crippen molar-refractivity contribution in [3.8, 4) is 0 Å². The van der Waals surface area contributed by atoms with Crippen LogP contribution in [-0.4, -0.2) is 12.9 Å². The molecule has 2 heteroatoms. The number of rotatable bonds is 8. The van der Waals surface area contributed by atoms with Crippen LogP contribution in [0.1, 0.15) is 38.7 Å². The van der Waals surface area contributed by atoms with Crippen LogP contribution in [0, 0.1) is 5.41 Å². The fourth-order valence-corrected chi connectivity index (χ4v) is 1.61. The molecular formula is C15H22O2. The van der Waals surface area contributed by atoms with Gasteiger partial charge in [-0.15, -0.1) is 0 Å². The number of hydrogen-bond donors (Lipinski definition) is 0. The molecule has 0 N–H and O–H groups in total. The molecule has 0 aromatic heterocycles. The smallest absolute Gasteiger partial charge is 0.125 e. The maximum Gasteiger partial charge on any atom is 0.125 e. The summed E-state index contributed by atoms with van der Waals surface area (Å²) >= 11 is 0. The Hall–Kier alpha value is -1.15. The zero-order valence-electron chi connectivity index (χ0n) is 10.8. The van der Waals surface area contributed by atoms with Crippen molar-refractivity contribution in [2.75, 3.05) is 6.61 Å². The Morgan fingerprint density at radius 2 is 1.88 bits per heavy atom. The fraction of sp³-hybridized carbons (Fsp3) is 0.533. The zero-order chi connectivity index (χ0) is 12.6. The van der Waals surface area contributed by atoms with Gasteiger partial charge < -0.3 is 9.53 Å². The Morgan fingerprint density at radius 1 is 1.18 bits per heavy atom. The third kappa shape index (κ3) is 6.22. The summed E-state index contributed by atoms with van der Waals surface area (Å²) in [5.74, 6) is 0. The molecule has 0 amide bonds. The SMILES string of the molecule is CC(C)(C=O)CCCCOCc1ccccc1. The second-order valence-electron chi connectivity index (χ2n) is 5.10. The molecule has 1 aromatic rings. The number of unbranched alkanes of at least 4 members (excludes halogenated alkanes) is 1. The fourth-order valence-electron chi connectivity index (χ4n) is 1.61. The van der Waals surface area contributed by atoms with E-state index in [-0.39, 0.29) is 5.41 Å². The van der Waals surface area contributed by atoms with Crippen molar-refractivity contribution in [1.82, 2.24) is 0 Å². The molecule has 0 saturated heterocycles. The average molecular weight is 234 g/mol. The third-order valence-corrected chi connectivity index (χ3v) is 2.79. The van der Waals surface area contributed by atoms with Crippen LogP contribution < -0.4 is 0 Å². The van der Waals surface area contributed by atoms with Crippen LogP contribution in [0.25, 0.3) is 0 Å². The van der Waals surface area contributed by atoms with Crippen molar-refractivity contribution in [2.45, 2.75) is 39.7 Å². The highest BCUT2D eigenvalue weighted by atomic mass is 16.5. The molecule has 0 bridgehead atoms. The van der Waals surface area contributed by atoms with Crippen molar-refractivity contribution in [2.24, 2.45) is 5.41 Å². The first-order chi connectivity index (χ1) is 8.14. The molecule has 0 radical (unpaired) electrons. The van der Waals surface area contributed by atoms with Crippen LogP contribution in [0.4, 0.5) is 0 Å². The second-order valence-corrected chi connectivity index (χ2v) is 5.10. The Morgan fingerprint density at radius 3 is 2.53 bits per heavy atom. The van der Waals surface area contributed by atoms with E-state index in [0.717, 1.165) is 32.2 Å². The summed E-state index contributed by atoms with van der Waals surface area (Å²) in [5, 5.41) is 0. The minimum absolute atomic E-state index is 0.181. The predicted octanol–water partition coefficient (Wildman–Crippen LogP) is 3.60. The molecule has 0 saturated carbocycles. The first kappa shape index (κ1) is 13.9. The van der Waals surface area contributed by atoms with E-state index in [1.807, 2.05) is 32.0 Å². The van der Waals surface area contributed by atoms with Crippen molar-refractivity contribution < 1.29 is 9.53 Å². The summed E-state index contributed by atoms with van der Waals surface area (Å²) < 4.78 is 5.58. The van der Waals surface area contributed by atoms with Gasteiger partial charge in [0, 0.05) is 12.0 Å². The molecule has 0 fully saturated rings. The van der Waals surface area contributed by atoms with Crippen molar-refractivity contribution in [1.29, 1.82) is 0 Å². The molecule has 0 unspecified atom stereocenters. The van der Waals surface area contributed by atoms with Crippen molar-refractivity contribution in [3.63, 3.8) is 0 Å². The van der Waals surface area contributed by atoms with Gasteiger partial charge in [-0.05, 0) is 18.4 Å². The molecule has 1 rings (SSSR count). The largest absolute Gasteiger partial charge is 0.377 e. The Labute approximate surface area is 104 Å². The Balaban J connectivity index is 2.04. The van der Waals surface area contributed by atoms with Crippen LogP contribution in [-0.2, 0) is 16.1 Å². The third-order valence-electron chi connectivity index (χ3n) is 2.79. The summed E-state index contributed by atoms with van der Waals surface area (Å²) in [6, 6.07) is 10.2. The van der Waals surface area contributed by atoms with E-state index in [4.69, 9.17) is 4.74 Å². The molecule has 1 aromatic carbocycles. The lowest BCUT2D eigenvalue weighted by Crippen LogP contribution is -2.12. The minimum Gasteiger partial charge on any atom is -0.377 e. The number of hydrogen-bond acceptors (Lipinski definition) is 2. The van der Waals surface area contributed by atoms with E-state index in [2.05, 4.69) is 12.1 Å². The lowest BCUT2D eigenvalue weighted by atomic mass is 9.89. The summed E-state index contributed by atoms with van der Waals surface area (Å²) in [6.45, 7) is 5.40.